The fourth-order valence-electron chi connectivity index (χ4n) is 2.60. The van der Waals surface area contributed by atoms with Gasteiger partial charge >= 0.3 is 0 Å². The van der Waals surface area contributed by atoms with Crippen LogP contribution >= 0.6 is 0 Å². The average molecular weight is 279 g/mol. The zero-order valence-corrected chi connectivity index (χ0v) is 12.5. The number of ether oxygens (including phenoxy) is 1. The van der Waals surface area contributed by atoms with Crippen LogP contribution in [0.2, 0.25) is 0 Å². The number of rotatable bonds is 4. The van der Waals surface area contributed by atoms with Crippen molar-refractivity contribution in [3.8, 4) is 0 Å². The molecule has 2 atom stereocenters. The standard InChI is InChI=1S/C15H25N3O2/c1-4-13(16)14-6-5-11(7-17-14)18-8-12(9-19)20-15(2,3)10-18/h5-7,12-13,19H,4,8-10,16H2,1-3H3/t12?,13-/m0/s1. The molecule has 0 spiro atoms. The molecule has 20 heavy (non-hydrogen) atoms. The molecule has 0 radical (unpaired) electrons. The van der Waals surface area contributed by atoms with E-state index in [1.807, 2.05) is 32.2 Å². The summed E-state index contributed by atoms with van der Waals surface area (Å²) in [6.07, 6.45) is 2.58. The highest BCUT2D eigenvalue weighted by atomic mass is 16.5. The maximum absolute atomic E-state index is 9.35. The predicted molar refractivity (Wildman–Crippen MR) is 79.7 cm³/mol. The van der Waals surface area contributed by atoms with E-state index in [1.165, 1.54) is 0 Å². The number of nitrogens with zero attached hydrogens (tertiary/aromatic N) is 2. The lowest BCUT2D eigenvalue weighted by molar-refractivity contribution is -0.101. The molecule has 1 unspecified atom stereocenters. The van der Waals surface area contributed by atoms with Gasteiger partial charge in [0.25, 0.3) is 0 Å². The topological polar surface area (TPSA) is 71.6 Å². The first-order valence-electron chi connectivity index (χ1n) is 7.20. The summed E-state index contributed by atoms with van der Waals surface area (Å²) in [6, 6.07) is 4.03. The monoisotopic (exact) mass is 279 g/mol. The lowest BCUT2D eigenvalue weighted by Gasteiger charge is -2.43. The average Bonchev–Trinajstić information content (AvgIpc) is 2.44. The van der Waals surface area contributed by atoms with E-state index in [9.17, 15) is 5.11 Å². The molecule has 1 fully saturated rings. The normalized spacial score (nSPS) is 23.6. The molecule has 1 aliphatic heterocycles. The van der Waals surface area contributed by atoms with Crippen molar-refractivity contribution in [2.24, 2.45) is 5.73 Å². The summed E-state index contributed by atoms with van der Waals surface area (Å²) in [4.78, 5) is 6.66. The summed E-state index contributed by atoms with van der Waals surface area (Å²) < 4.78 is 5.82. The Labute approximate surface area is 120 Å². The number of aromatic nitrogens is 1. The van der Waals surface area contributed by atoms with Gasteiger partial charge in [-0.1, -0.05) is 6.92 Å². The first-order chi connectivity index (χ1) is 9.45. The minimum absolute atomic E-state index is 0.00429. The molecule has 5 nitrogen and oxygen atoms in total. The van der Waals surface area contributed by atoms with Gasteiger partial charge in [-0.15, -0.1) is 0 Å². The van der Waals surface area contributed by atoms with Crippen LogP contribution in [0.5, 0.6) is 0 Å². The number of hydrogen-bond acceptors (Lipinski definition) is 5. The van der Waals surface area contributed by atoms with E-state index in [0.717, 1.165) is 24.3 Å². The molecule has 1 aromatic rings. The quantitative estimate of drug-likeness (QED) is 0.873. The van der Waals surface area contributed by atoms with Crippen molar-refractivity contribution in [3.05, 3.63) is 24.0 Å². The Hall–Kier alpha value is -1.17. The third kappa shape index (κ3) is 3.48. The van der Waals surface area contributed by atoms with Crippen molar-refractivity contribution in [1.82, 2.24) is 4.98 Å². The number of aliphatic hydroxyl groups excluding tert-OH is 1. The Kier molecular flexibility index (Phi) is 4.62. The van der Waals surface area contributed by atoms with Crippen molar-refractivity contribution in [2.75, 3.05) is 24.6 Å². The Morgan fingerprint density at radius 2 is 2.30 bits per heavy atom. The number of hydrogen-bond donors (Lipinski definition) is 2. The van der Waals surface area contributed by atoms with Crippen LogP contribution in [0.3, 0.4) is 0 Å². The maximum Gasteiger partial charge on any atom is 0.0988 e. The third-order valence-corrected chi connectivity index (χ3v) is 3.64. The van der Waals surface area contributed by atoms with Crippen LogP contribution in [-0.2, 0) is 4.74 Å². The van der Waals surface area contributed by atoms with Crippen molar-refractivity contribution in [2.45, 2.75) is 44.9 Å². The SMILES string of the molecule is CC[C@H](N)c1ccc(N2CC(CO)OC(C)(C)C2)cn1. The lowest BCUT2D eigenvalue weighted by atomic mass is 10.0. The second-order valence-corrected chi connectivity index (χ2v) is 6.02. The van der Waals surface area contributed by atoms with Crippen molar-refractivity contribution < 1.29 is 9.84 Å². The predicted octanol–water partition coefficient (Wildman–Crippen LogP) is 1.47. The zero-order chi connectivity index (χ0) is 14.8. The van der Waals surface area contributed by atoms with E-state index in [-0.39, 0.29) is 24.4 Å². The molecule has 0 bridgehead atoms. The van der Waals surface area contributed by atoms with E-state index < -0.39 is 0 Å². The number of morpholine rings is 1. The van der Waals surface area contributed by atoms with E-state index in [1.54, 1.807) is 0 Å². The van der Waals surface area contributed by atoms with Crippen molar-refractivity contribution in [3.63, 3.8) is 0 Å². The van der Waals surface area contributed by atoms with Gasteiger partial charge in [0.1, 0.15) is 0 Å². The van der Waals surface area contributed by atoms with Gasteiger partial charge in [-0.05, 0) is 32.4 Å². The minimum Gasteiger partial charge on any atom is -0.394 e. The fourth-order valence-corrected chi connectivity index (χ4v) is 2.60. The fraction of sp³-hybridized carbons (Fsp3) is 0.667. The molecular weight excluding hydrogens is 254 g/mol. The van der Waals surface area contributed by atoms with Crippen LogP contribution in [0.1, 0.15) is 38.9 Å². The van der Waals surface area contributed by atoms with Crippen LogP contribution in [-0.4, -0.2) is 41.5 Å². The van der Waals surface area contributed by atoms with Gasteiger partial charge in [0.15, 0.2) is 0 Å². The molecule has 0 amide bonds. The number of nitrogens with two attached hydrogens (primary N) is 1. The van der Waals surface area contributed by atoms with Gasteiger partial charge in [-0.25, -0.2) is 0 Å². The van der Waals surface area contributed by atoms with Gasteiger partial charge < -0.3 is 20.5 Å². The smallest absolute Gasteiger partial charge is 0.0988 e. The van der Waals surface area contributed by atoms with Gasteiger partial charge in [-0.2, -0.15) is 0 Å². The molecule has 0 aromatic carbocycles. The second kappa shape index (κ2) is 6.08. The summed E-state index contributed by atoms with van der Waals surface area (Å²) in [7, 11) is 0. The molecule has 2 heterocycles. The number of anilines is 1. The van der Waals surface area contributed by atoms with Crippen LogP contribution in [0.15, 0.2) is 18.3 Å². The van der Waals surface area contributed by atoms with Gasteiger partial charge in [0.05, 0.1) is 35.9 Å². The van der Waals surface area contributed by atoms with Crippen LogP contribution in [0.4, 0.5) is 5.69 Å². The van der Waals surface area contributed by atoms with E-state index in [0.29, 0.717) is 6.54 Å². The molecule has 0 saturated carbocycles. The highest BCUT2D eigenvalue weighted by Gasteiger charge is 2.33. The van der Waals surface area contributed by atoms with E-state index in [4.69, 9.17) is 10.5 Å². The van der Waals surface area contributed by atoms with E-state index in [2.05, 4.69) is 16.8 Å². The molecule has 0 aliphatic carbocycles. The molecule has 112 valence electrons. The third-order valence-electron chi connectivity index (χ3n) is 3.64. The van der Waals surface area contributed by atoms with Crippen molar-refractivity contribution >= 4 is 5.69 Å². The van der Waals surface area contributed by atoms with Crippen LogP contribution < -0.4 is 10.6 Å². The Balaban J connectivity index is 2.14. The highest BCUT2D eigenvalue weighted by molar-refractivity contribution is 5.46. The van der Waals surface area contributed by atoms with Gasteiger partial charge in [-0.3, -0.25) is 4.98 Å². The Morgan fingerprint density at radius 3 is 2.85 bits per heavy atom. The maximum atomic E-state index is 9.35. The molecule has 5 heteroatoms. The second-order valence-electron chi connectivity index (χ2n) is 6.02. The molecular formula is C15H25N3O2. The first-order valence-corrected chi connectivity index (χ1v) is 7.20. The summed E-state index contributed by atoms with van der Waals surface area (Å²) >= 11 is 0. The highest BCUT2D eigenvalue weighted by Crippen LogP contribution is 2.26. The summed E-state index contributed by atoms with van der Waals surface area (Å²) in [6.45, 7) is 7.63. The van der Waals surface area contributed by atoms with Crippen LogP contribution in [0, 0.1) is 0 Å². The molecule has 1 aromatic heterocycles. The Morgan fingerprint density at radius 1 is 1.55 bits per heavy atom. The summed E-state index contributed by atoms with van der Waals surface area (Å²) in [5.74, 6) is 0. The lowest BCUT2D eigenvalue weighted by Crippen LogP contribution is -2.54. The first kappa shape index (κ1) is 15.2. The minimum atomic E-state index is -0.274. The Bertz CT molecular complexity index is 433. The summed E-state index contributed by atoms with van der Waals surface area (Å²) in [5, 5.41) is 9.35. The van der Waals surface area contributed by atoms with Gasteiger partial charge in [0, 0.05) is 19.1 Å². The summed E-state index contributed by atoms with van der Waals surface area (Å²) in [5.41, 5.74) is 7.67. The molecule has 1 aliphatic rings. The largest absolute Gasteiger partial charge is 0.394 e. The zero-order valence-electron chi connectivity index (χ0n) is 12.5. The number of aliphatic hydroxyl groups is 1. The molecule has 3 N–H and O–H groups in total. The van der Waals surface area contributed by atoms with Crippen molar-refractivity contribution in [1.29, 1.82) is 0 Å². The molecule has 2 rings (SSSR count). The van der Waals surface area contributed by atoms with Crippen LogP contribution in [0.25, 0.3) is 0 Å². The number of pyridine rings is 1. The molecule has 1 saturated heterocycles. The van der Waals surface area contributed by atoms with Gasteiger partial charge in [0.2, 0.25) is 0 Å². The van der Waals surface area contributed by atoms with E-state index >= 15 is 0 Å².